The number of allylic oxidation sites excluding steroid dienone is 6. The lowest BCUT2D eigenvalue weighted by Crippen LogP contribution is -2.22. The third kappa shape index (κ3) is 43.7. The van der Waals surface area contributed by atoms with Crippen LogP contribution in [0.1, 0.15) is 220 Å². The van der Waals surface area contributed by atoms with Crippen LogP contribution in [0.4, 0.5) is 0 Å². The third-order valence-corrected chi connectivity index (χ3v) is 9.47. The lowest BCUT2D eigenvalue weighted by atomic mass is 10.0. The molecule has 0 spiro atoms. The first-order chi connectivity index (χ1) is 26.2. The summed E-state index contributed by atoms with van der Waals surface area (Å²) >= 11 is 0. The van der Waals surface area contributed by atoms with Crippen LogP contribution in [0.5, 0.6) is 0 Å². The SMILES string of the molecule is C/C=C/C/C=C/CCC(=O)[C@H]1O[C@H]1C(N)=O.CCCCCCCC/C=C/CCCCCCCC(=O)O.CCCCCCCCCCCCCCCC(=O)O. The van der Waals surface area contributed by atoms with Gasteiger partial charge in [-0.3, -0.25) is 19.2 Å². The van der Waals surface area contributed by atoms with Crippen molar-refractivity contribution in [2.75, 3.05) is 0 Å². The van der Waals surface area contributed by atoms with E-state index in [2.05, 4.69) is 26.0 Å². The number of aliphatic carboxylic acids is 2. The number of hydrogen-bond acceptors (Lipinski definition) is 5. The maximum absolute atomic E-state index is 11.4. The Kier molecular flexibility index (Phi) is 42.5. The quantitative estimate of drug-likeness (QED) is 0.0327. The molecule has 4 N–H and O–H groups in total. The Bertz CT molecular complexity index is 974. The van der Waals surface area contributed by atoms with E-state index in [9.17, 15) is 19.2 Å². The summed E-state index contributed by atoms with van der Waals surface area (Å²) < 4.78 is 4.88. The number of carboxylic acid groups (broad SMARTS) is 2. The van der Waals surface area contributed by atoms with Crippen molar-refractivity contribution in [3.63, 3.8) is 0 Å². The minimum absolute atomic E-state index is 0.0421. The zero-order chi connectivity index (χ0) is 40.3. The van der Waals surface area contributed by atoms with Crippen LogP contribution in [0.2, 0.25) is 0 Å². The molecule has 1 rings (SSSR count). The molecule has 0 bridgehead atoms. The molecule has 0 aliphatic carbocycles. The van der Waals surface area contributed by atoms with E-state index in [4.69, 9.17) is 20.7 Å². The summed E-state index contributed by atoms with van der Waals surface area (Å²) in [6, 6.07) is 0. The molecule has 1 heterocycles. The van der Waals surface area contributed by atoms with E-state index < -0.39 is 30.1 Å². The van der Waals surface area contributed by atoms with Gasteiger partial charge in [-0.1, -0.05) is 179 Å². The number of carboxylic acids is 2. The minimum atomic E-state index is -0.681. The molecule has 0 radical (unpaired) electrons. The van der Waals surface area contributed by atoms with Crippen LogP contribution in [0, 0.1) is 0 Å². The predicted octanol–water partition coefficient (Wildman–Crippen LogP) is 12.8. The van der Waals surface area contributed by atoms with Crippen LogP contribution < -0.4 is 5.73 Å². The normalized spacial score (nSPS) is 14.9. The molecule has 0 aromatic rings. The number of carbonyl (C=O) groups is 4. The molecule has 2 atom stereocenters. The van der Waals surface area contributed by atoms with Gasteiger partial charge in [-0.05, 0) is 58.3 Å². The number of ketones is 1. The van der Waals surface area contributed by atoms with E-state index in [0.717, 1.165) is 32.1 Å². The number of nitrogens with two attached hydrogens (primary N) is 1. The number of Topliss-reactive ketones (excluding diaryl/α,β-unsaturated/α-hetero) is 1. The van der Waals surface area contributed by atoms with Crippen molar-refractivity contribution in [3.8, 4) is 0 Å². The summed E-state index contributed by atoms with van der Waals surface area (Å²) in [5.74, 6) is -1.91. The van der Waals surface area contributed by atoms with Gasteiger partial charge >= 0.3 is 11.9 Å². The van der Waals surface area contributed by atoms with Crippen molar-refractivity contribution >= 4 is 23.6 Å². The number of epoxide rings is 1. The molecule has 1 amide bonds. The van der Waals surface area contributed by atoms with Gasteiger partial charge in [0.25, 0.3) is 0 Å². The number of rotatable bonds is 36. The van der Waals surface area contributed by atoms with Crippen LogP contribution in [-0.4, -0.2) is 46.1 Å². The zero-order valence-electron chi connectivity index (χ0n) is 35.1. The highest BCUT2D eigenvalue weighted by Crippen LogP contribution is 2.24. The number of unbranched alkanes of at least 4 members (excludes halogenated alkanes) is 23. The van der Waals surface area contributed by atoms with Gasteiger partial charge in [0.2, 0.25) is 5.91 Å². The molecule has 54 heavy (non-hydrogen) atoms. The Labute approximate surface area is 331 Å². The van der Waals surface area contributed by atoms with E-state index in [1.807, 2.05) is 31.2 Å². The van der Waals surface area contributed by atoms with Crippen LogP contribution in [0.15, 0.2) is 36.5 Å². The standard InChI is InChI=1S/C18H34O2.C16H32O2.C12H17NO3/c1-2-3-4-5-6-7-8-9-10-11-12-13-14-15-16-17-18(19)20;1-2-3-4-5-6-7-8-9-10-11-12-13-14-15-16(17)18;1-2-3-4-5-6-7-8-9(14)10-11(16-10)12(13)15/h9-10H,2-8,11-17H2,1H3,(H,19,20);2-15H2,1H3,(H,17,18);2-3,5-6,10-11H,4,7-8H2,1H3,(H2,13,15)/b10-9+;;3-2+,6-5+/t;;10-,11-/m..1/s1. The van der Waals surface area contributed by atoms with Crippen molar-refractivity contribution < 1.29 is 34.1 Å². The average molecular weight is 762 g/mol. The van der Waals surface area contributed by atoms with Crippen LogP contribution in [-0.2, 0) is 23.9 Å². The molecule has 8 nitrogen and oxygen atoms in total. The fraction of sp³-hybridized carbons (Fsp3) is 0.783. The smallest absolute Gasteiger partial charge is 0.303 e. The van der Waals surface area contributed by atoms with Gasteiger partial charge in [0.1, 0.15) is 0 Å². The summed E-state index contributed by atoms with van der Waals surface area (Å²) in [6.45, 7) is 6.48. The molecule has 8 heteroatoms. The molecule has 1 fully saturated rings. The van der Waals surface area contributed by atoms with E-state index in [1.54, 1.807) is 0 Å². The van der Waals surface area contributed by atoms with Crippen LogP contribution >= 0.6 is 0 Å². The Morgan fingerprint density at radius 3 is 1.20 bits per heavy atom. The van der Waals surface area contributed by atoms with Gasteiger partial charge in [-0.15, -0.1) is 0 Å². The maximum atomic E-state index is 11.4. The average Bonchev–Trinajstić information content (AvgIpc) is 3.96. The zero-order valence-corrected chi connectivity index (χ0v) is 35.1. The van der Waals surface area contributed by atoms with E-state index in [-0.39, 0.29) is 5.78 Å². The number of amides is 1. The van der Waals surface area contributed by atoms with Gasteiger partial charge in [0.15, 0.2) is 18.0 Å². The first-order valence-corrected chi connectivity index (χ1v) is 22.0. The van der Waals surface area contributed by atoms with Crippen molar-refractivity contribution in [1.29, 1.82) is 0 Å². The molecule has 0 saturated carbocycles. The number of ether oxygens (including phenoxy) is 1. The minimum Gasteiger partial charge on any atom is -0.481 e. The Balaban J connectivity index is 0. The van der Waals surface area contributed by atoms with Crippen LogP contribution in [0.25, 0.3) is 0 Å². The number of primary amides is 1. The highest BCUT2D eigenvalue weighted by atomic mass is 16.6. The summed E-state index contributed by atoms with van der Waals surface area (Å²) in [6.07, 6.45) is 47.2. The molecule has 1 aliphatic heterocycles. The lowest BCUT2D eigenvalue weighted by molar-refractivity contribution is -0.138. The number of carbonyl (C=O) groups excluding carboxylic acids is 2. The topological polar surface area (TPSA) is 147 Å². The molecule has 314 valence electrons. The van der Waals surface area contributed by atoms with E-state index >= 15 is 0 Å². The third-order valence-electron chi connectivity index (χ3n) is 9.47. The van der Waals surface area contributed by atoms with E-state index in [0.29, 0.717) is 25.7 Å². The second kappa shape index (κ2) is 43.0. The highest BCUT2D eigenvalue weighted by Gasteiger charge is 2.48. The fourth-order valence-corrected chi connectivity index (χ4v) is 6.01. The largest absolute Gasteiger partial charge is 0.481 e. The summed E-state index contributed by atoms with van der Waals surface area (Å²) in [7, 11) is 0. The molecule has 1 aliphatic rings. The fourth-order valence-electron chi connectivity index (χ4n) is 6.01. The van der Waals surface area contributed by atoms with Gasteiger partial charge in [-0.25, -0.2) is 0 Å². The van der Waals surface area contributed by atoms with Gasteiger partial charge in [0.05, 0.1) is 0 Å². The molecule has 0 aromatic carbocycles. The first-order valence-electron chi connectivity index (χ1n) is 22.0. The Morgan fingerprint density at radius 1 is 0.481 bits per heavy atom. The summed E-state index contributed by atoms with van der Waals surface area (Å²) in [5.41, 5.74) is 5.00. The second-order valence-corrected chi connectivity index (χ2v) is 14.8. The van der Waals surface area contributed by atoms with Crippen molar-refractivity contribution in [1.82, 2.24) is 0 Å². The van der Waals surface area contributed by atoms with Crippen LogP contribution in [0.3, 0.4) is 0 Å². The Morgan fingerprint density at radius 2 is 0.852 bits per heavy atom. The van der Waals surface area contributed by atoms with Crippen molar-refractivity contribution in [2.24, 2.45) is 5.73 Å². The van der Waals surface area contributed by atoms with Gasteiger partial charge < -0.3 is 20.7 Å². The molecular formula is C46H83NO7. The number of hydrogen-bond donors (Lipinski definition) is 3. The van der Waals surface area contributed by atoms with Gasteiger partial charge in [0, 0.05) is 19.3 Å². The molecular weight excluding hydrogens is 679 g/mol. The van der Waals surface area contributed by atoms with E-state index in [1.165, 1.54) is 141 Å². The van der Waals surface area contributed by atoms with Crippen molar-refractivity contribution in [3.05, 3.63) is 36.5 Å². The molecule has 1 saturated heterocycles. The summed E-state index contributed by atoms with van der Waals surface area (Å²) in [4.78, 5) is 42.7. The maximum Gasteiger partial charge on any atom is 0.303 e. The second-order valence-electron chi connectivity index (χ2n) is 14.8. The first kappa shape index (κ1) is 53.4. The monoisotopic (exact) mass is 762 g/mol. The summed E-state index contributed by atoms with van der Waals surface area (Å²) in [5, 5.41) is 17.0. The Hall–Kier alpha value is -2.74. The van der Waals surface area contributed by atoms with Crippen molar-refractivity contribution in [2.45, 2.75) is 232 Å². The molecule has 0 unspecified atom stereocenters. The van der Waals surface area contributed by atoms with Gasteiger partial charge in [-0.2, -0.15) is 0 Å². The predicted molar refractivity (Wildman–Crippen MR) is 226 cm³/mol. The lowest BCUT2D eigenvalue weighted by Gasteiger charge is -2.02. The highest BCUT2D eigenvalue weighted by molar-refractivity contribution is 5.95. The molecule has 0 aromatic heterocycles.